The molecular weight excluding hydrogens is 340 g/mol. The number of rotatable bonds is 5. The molecule has 4 N–H and O–H groups in total. The van der Waals surface area contributed by atoms with Crippen LogP contribution in [0.4, 0.5) is 5.69 Å². The van der Waals surface area contributed by atoms with Gasteiger partial charge < -0.3 is 10.2 Å². The molecule has 0 bridgehead atoms. The molecule has 1 aromatic rings. The van der Waals surface area contributed by atoms with Crippen molar-refractivity contribution in [3.05, 3.63) is 28.7 Å². The zero-order valence-electron chi connectivity index (χ0n) is 11.8. The Morgan fingerprint density at radius 1 is 1.10 bits per heavy atom. The molecule has 8 heteroatoms. The fourth-order valence-electron chi connectivity index (χ4n) is 1.57. The van der Waals surface area contributed by atoms with Crippen LogP contribution in [0.15, 0.2) is 28.7 Å². The van der Waals surface area contributed by atoms with Gasteiger partial charge in [0.05, 0.1) is 12.7 Å². The van der Waals surface area contributed by atoms with Gasteiger partial charge in [0.1, 0.15) is 0 Å². The molecule has 1 rings (SSSR count). The van der Waals surface area contributed by atoms with Crippen LogP contribution in [0.2, 0.25) is 0 Å². The Kier molecular flexibility index (Phi) is 6.83. The molecule has 0 fully saturated rings. The number of carbonyl (C=O) groups is 3. The summed E-state index contributed by atoms with van der Waals surface area (Å²) in [4.78, 5) is 34.7. The van der Waals surface area contributed by atoms with Crippen molar-refractivity contribution in [2.75, 3.05) is 25.5 Å². The molecule has 0 aliphatic carbocycles. The van der Waals surface area contributed by atoms with E-state index in [2.05, 4.69) is 32.1 Å². The summed E-state index contributed by atoms with van der Waals surface area (Å²) in [5, 5.41) is 2.76. The summed E-state index contributed by atoms with van der Waals surface area (Å²) in [5.41, 5.74) is 5.12. The number of quaternary nitrogens is 1. The molecule has 1 unspecified atom stereocenters. The number of halogens is 1. The second kappa shape index (κ2) is 8.38. The highest BCUT2D eigenvalue weighted by Crippen LogP contribution is 2.20. The number of carbonyl (C=O) groups excluding carboxylic acids is 3. The second-order valence-corrected chi connectivity index (χ2v) is 5.42. The van der Waals surface area contributed by atoms with Crippen molar-refractivity contribution in [2.45, 2.75) is 6.92 Å². The monoisotopic (exact) mass is 357 g/mol. The molecule has 7 nitrogen and oxygen atoms in total. The topological polar surface area (TPSA) is 91.7 Å². The van der Waals surface area contributed by atoms with Gasteiger partial charge in [-0.25, -0.2) is 0 Å². The lowest BCUT2D eigenvalue weighted by molar-refractivity contribution is -0.862. The van der Waals surface area contributed by atoms with Gasteiger partial charge in [-0.05, 0) is 28.1 Å². The number of benzene rings is 1. The van der Waals surface area contributed by atoms with Crippen LogP contribution in [0.5, 0.6) is 0 Å². The number of amides is 3. The summed E-state index contributed by atoms with van der Waals surface area (Å²) < 4.78 is 0.791. The third-order valence-corrected chi connectivity index (χ3v) is 3.14. The standard InChI is InChI=1S/C13H17BrN4O3/c1-9(19)16-17-13(21)8-18(2)7-12(20)15-11-6-4-3-5-10(11)14/h3-6H,7-8H2,1-2H3,(H,15,20)(H,16,19)(H,17,21)/p+1. The molecular formula is C13H18BrN4O3+. The first-order chi connectivity index (χ1) is 9.88. The summed E-state index contributed by atoms with van der Waals surface area (Å²) in [7, 11) is 1.72. The Labute approximate surface area is 131 Å². The number of anilines is 1. The molecule has 0 radical (unpaired) electrons. The summed E-state index contributed by atoms with van der Waals surface area (Å²) in [6.07, 6.45) is 0. The van der Waals surface area contributed by atoms with E-state index in [9.17, 15) is 14.4 Å². The molecule has 1 atom stereocenters. The molecule has 0 aromatic heterocycles. The number of hydrazine groups is 1. The van der Waals surface area contributed by atoms with Gasteiger partial charge in [-0.15, -0.1) is 0 Å². The molecule has 21 heavy (non-hydrogen) atoms. The number of hydrogen-bond donors (Lipinski definition) is 4. The summed E-state index contributed by atoms with van der Waals surface area (Å²) in [5.74, 6) is -0.921. The first-order valence-electron chi connectivity index (χ1n) is 6.29. The second-order valence-electron chi connectivity index (χ2n) is 4.57. The van der Waals surface area contributed by atoms with Crippen LogP contribution in [0.25, 0.3) is 0 Å². The molecule has 0 saturated heterocycles. The SMILES string of the molecule is CC(=O)NNC(=O)C[NH+](C)CC(=O)Nc1ccccc1Br. The number of hydrogen-bond acceptors (Lipinski definition) is 3. The predicted octanol–water partition coefficient (Wildman–Crippen LogP) is -0.930. The largest absolute Gasteiger partial charge is 0.322 e. The fraction of sp³-hybridized carbons (Fsp3) is 0.308. The zero-order valence-corrected chi connectivity index (χ0v) is 13.4. The van der Waals surface area contributed by atoms with Crippen LogP contribution in [0.1, 0.15) is 6.92 Å². The quantitative estimate of drug-likeness (QED) is 0.513. The molecule has 3 amide bonds. The first kappa shape index (κ1) is 17.1. The summed E-state index contributed by atoms with van der Waals surface area (Å²) in [6.45, 7) is 1.50. The van der Waals surface area contributed by atoms with E-state index >= 15 is 0 Å². The van der Waals surface area contributed by atoms with Gasteiger partial charge in [-0.2, -0.15) is 0 Å². The van der Waals surface area contributed by atoms with E-state index < -0.39 is 0 Å². The lowest BCUT2D eigenvalue weighted by atomic mass is 10.3. The highest BCUT2D eigenvalue weighted by Gasteiger charge is 2.15. The predicted molar refractivity (Wildman–Crippen MR) is 81.4 cm³/mol. The van der Waals surface area contributed by atoms with Gasteiger partial charge in [0.15, 0.2) is 13.1 Å². The summed E-state index contributed by atoms with van der Waals surface area (Å²) >= 11 is 3.34. The highest BCUT2D eigenvalue weighted by molar-refractivity contribution is 9.10. The molecule has 0 heterocycles. The minimum atomic E-state index is -0.364. The van der Waals surface area contributed by atoms with Crippen molar-refractivity contribution in [1.29, 1.82) is 0 Å². The minimum Gasteiger partial charge on any atom is -0.322 e. The van der Waals surface area contributed by atoms with Crippen molar-refractivity contribution in [3.63, 3.8) is 0 Å². The Bertz CT molecular complexity index is 536. The maximum absolute atomic E-state index is 11.9. The van der Waals surface area contributed by atoms with E-state index in [0.29, 0.717) is 10.6 Å². The van der Waals surface area contributed by atoms with E-state index in [-0.39, 0.29) is 30.8 Å². The van der Waals surface area contributed by atoms with Gasteiger partial charge in [0.25, 0.3) is 11.8 Å². The van der Waals surface area contributed by atoms with Crippen molar-refractivity contribution < 1.29 is 19.3 Å². The summed E-state index contributed by atoms with van der Waals surface area (Å²) in [6, 6.07) is 7.27. The van der Waals surface area contributed by atoms with Crippen molar-refractivity contribution in [2.24, 2.45) is 0 Å². The molecule has 0 spiro atoms. The Morgan fingerprint density at radius 2 is 1.71 bits per heavy atom. The lowest BCUT2D eigenvalue weighted by Crippen LogP contribution is -3.11. The van der Waals surface area contributed by atoms with E-state index in [0.717, 1.165) is 4.47 Å². The zero-order chi connectivity index (χ0) is 15.8. The highest BCUT2D eigenvalue weighted by atomic mass is 79.9. The van der Waals surface area contributed by atoms with Crippen molar-refractivity contribution in [3.8, 4) is 0 Å². The maximum Gasteiger partial charge on any atom is 0.293 e. The van der Waals surface area contributed by atoms with Crippen LogP contribution in [-0.2, 0) is 14.4 Å². The Hall–Kier alpha value is -1.93. The lowest BCUT2D eigenvalue weighted by Gasteiger charge is -2.14. The normalized spacial score (nSPS) is 11.4. The third-order valence-electron chi connectivity index (χ3n) is 2.45. The molecule has 0 aliphatic rings. The minimum absolute atomic E-state index is 0.0731. The van der Waals surface area contributed by atoms with E-state index in [4.69, 9.17) is 0 Å². The van der Waals surface area contributed by atoms with Crippen LogP contribution >= 0.6 is 15.9 Å². The van der Waals surface area contributed by atoms with Crippen LogP contribution in [0.3, 0.4) is 0 Å². The molecule has 114 valence electrons. The van der Waals surface area contributed by atoms with E-state index in [1.165, 1.54) is 6.92 Å². The van der Waals surface area contributed by atoms with Crippen molar-refractivity contribution >= 4 is 39.3 Å². The van der Waals surface area contributed by atoms with Crippen LogP contribution < -0.4 is 21.1 Å². The molecule has 0 aliphatic heterocycles. The average Bonchev–Trinajstić information content (AvgIpc) is 2.38. The Balaban J connectivity index is 2.39. The Morgan fingerprint density at radius 3 is 2.33 bits per heavy atom. The van der Waals surface area contributed by atoms with Gasteiger partial charge in [0.2, 0.25) is 5.91 Å². The van der Waals surface area contributed by atoms with E-state index in [1.807, 2.05) is 18.2 Å². The number of nitrogens with one attached hydrogen (secondary N) is 4. The van der Waals surface area contributed by atoms with Crippen molar-refractivity contribution in [1.82, 2.24) is 10.9 Å². The number of para-hydroxylation sites is 1. The van der Waals surface area contributed by atoms with Crippen LogP contribution in [0, 0.1) is 0 Å². The van der Waals surface area contributed by atoms with Gasteiger partial charge >= 0.3 is 0 Å². The van der Waals surface area contributed by atoms with E-state index in [1.54, 1.807) is 13.1 Å². The van der Waals surface area contributed by atoms with Gasteiger partial charge in [-0.1, -0.05) is 12.1 Å². The number of likely N-dealkylation sites (N-methyl/N-ethyl adjacent to an activating group) is 1. The third kappa shape index (κ3) is 6.87. The fourth-order valence-corrected chi connectivity index (χ4v) is 1.95. The van der Waals surface area contributed by atoms with Gasteiger partial charge in [0, 0.05) is 11.4 Å². The molecule has 0 saturated carbocycles. The maximum atomic E-state index is 11.9. The smallest absolute Gasteiger partial charge is 0.293 e. The first-order valence-corrected chi connectivity index (χ1v) is 7.09. The average molecular weight is 358 g/mol. The van der Waals surface area contributed by atoms with Crippen LogP contribution in [-0.4, -0.2) is 37.9 Å². The molecule has 1 aromatic carbocycles. The van der Waals surface area contributed by atoms with Gasteiger partial charge in [-0.3, -0.25) is 25.2 Å².